The van der Waals surface area contributed by atoms with E-state index in [4.69, 9.17) is 10.00 Å². The number of nitro benzene ring substituents is 1. The summed E-state index contributed by atoms with van der Waals surface area (Å²) >= 11 is 1.31. The lowest BCUT2D eigenvalue weighted by molar-refractivity contribution is -0.384. The molecule has 0 fully saturated rings. The Bertz CT molecular complexity index is 980. The number of ether oxygens (including phenoxy) is 1. The number of tetrazole rings is 1. The van der Waals surface area contributed by atoms with Gasteiger partial charge in [0.25, 0.3) is 5.69 Å². The Kier molecular flexibility index (Phi) is 5.09. The zero-order valence-corrected chi connectivity index (χ0v) is 14.4. The van der Waals surface area contributed by atoms with Gasteiger partial charge in [-0.15, -0.1) is 5.10 Å². The van der Waals surface area contributed by atoms with E-state index in [1.54, 1.807) is 30.0 Å². The van der Waals surface area contributed by atoms with Crippen LogP contribution in [0, 0.1) is 21.4 Å². The Morgan fingerprint density at radius 3 is 2.73 bits per heavy atom. The molecule has 0 saturated heterocycles. The third kappa shape index (κ3) is 3.79. The Morgan fingerprint density at radius 2 is 2.08 bits per heavy atom. The average Bonchev–Trinajstić information content (AvgIpc) is 3.14. The van der Waals surface area contributed by atoms with E-state index in [9.17, 15) is 10.1 Å². The third-order valence-corrected chi connectivity index (χ3v) is 4.43. The predicted octanol–water partition coefficient (Wildman–Crippen LogP) is 2.74. The number of nitro groups is 1. The maximum absolute atomic E-state index is 11.0. The lowest BCUT2D eigenvalue weighted by atomic mass is 10.1. The summed E-state index contributed by atoms with van der Waals surface area (Å²) in [6.45, 7) is 0. The largest absolute Gasteiger partial charge is 0.497 e. The minimum atomic E-state index is -0.517. The molecular weight excluding hydrogens is 356 g/mol. The number of non-ortho nitro benzene ring substituents is 1. The van der Waals surface area contributed by atoms with Gasteiger partial charge in [-0.3, -0.25) is 10.1 Å². The van der Waals surface area contributed by atoms with Gasteiger partial charge < -0.3 is 4.74 Å². The van der Waals surface area contributed by atoms with Crippen LogP contribution in [-0.4, -0.2) is 32.2 Å². The lowest BCUT2D eigenvalue weighted by Crippen LogP contribution is -1.99. The molecule has 3 rings (SSSR count). The van der Waals surface area contributed by atoms with Crippen LogP contribution in [0.15, 0.2) is 47.6 Å². The number of methoxy groups -OCH3 is 1. The van der Waals surface area contributed by atoms with Crippen LogP contribution in [0.3, 0.4) is 0 Å². The summed E-state index contributed by atoms with van der Waals surface area (Å²) in [6.07, 6.45) is 0. The first-order chi connectivity index (χ1) is 12.6. The smallest absolute Gasteiger partial charge is 0.271 e. The molecule has 0 aliphatic heterocycles. The van der Waals surface area contributed by atoms with Crippen LogP contribution in [-0.2, 0) is 5.75 Å². The van der Waals surface area contributed by atoms with Gasteiger partial charge in [0.2, 0.25) is 5.16 Å². The number of hydrogen-bond donors (Lipinski definition) is 0. The highest BCUT2D eigenvalue weighted by molar-refractivity contribution is 7.98. The first-order valence-electron chi connectivity index (χ1n) is 7.35. The van der Waals surface area contributed by atoms with E-state index in [0.29, 0.717) is 16.5 Å². The number of nitriles is 1. The summed E-state index contributed by atoms with van der Waals surface area (Å²) in [4.78, 5) is 10.5. The Balaban J connectivity index is 1.81. The van der Waals surface area contributed by atoms with Crippen molar-refractivity contribution < 1.29 is 9.66 Å². The topological polar surface area (TPSA) is 120 Å². The van der Waals surface area contributed by atoms with Crippen LogP contribution in [0.2, 0.25) is 0 Å². The fourth-order valence-corrected chi connectivity index (χ4v) is 3.05. The third-order valence-electron chi connectivity index (χ3n) is 3.44. The van der Waals surface area contributed by atoms with Crippen molar-refractivity contribution in [2.45, 2.75) is 10.9 Å². The van der Waals surface area contributed by atoms with Crippen LogP contribution < -0.4 is 4.74 Å². The minimum absolute atomic E-state index is 0.116. The second-order valence-electron chi connectivity index (χ2n) is 5.12. The van der Waals surface area contributed by atoms with E-state index in [1.165, 1.54) is 23.9 Å². The summed E-state index contributed by atoms with van der Waals surface area (Å²) in [5.41, 5.74) is 1.53. The van der Waals surface area contributed by atoms with Crippen molar-refractivity contribution in [3.05, 3.63) is 63.7 Å². The molecule has 1 heterocycles. The molecule has 10 heteroatoms. The molecule has 0 aliphatic rings. The molecule has 0 spiro atoms. The standard InChI is InChI=1S/C16H12N6O3S/c1-25-15-4-2-13(3-5-15)21-16(18-19-20-21)26-10-12-6-11(9-17)7-14(8-12)22(23)24/h2-8H,10H2,1H3. The van der Waals surface area contributed by atoms with Crippen molar-refractivity contribution in [2.24, 2.45) is 0 Å². The van der Waals surface area contributed by atoms with Gasteiger partial charge in [-0.05, 0) is 46.3 Å². The van der Waals surface area contributed by atoms with E-state index >= 15 is 0 Å². The van der Waals surface area contributed by atoms with E-state index in [-0.39, 0.29) is 11.3 Å². The summed E-state index contributed by atoms with van der Waals surface area (Å²) < 4.78 is 6.69. The van der Waals surface area contributed by atoms with Gasteiger partial charge in [-0.25, -0.2) is 0 Å². The number of aromatic nitrogens is 4. The quantitative estimate of drug-likeness (QED) is 0.370. The predicted molar refractivity (Wildman–Crippen MR) is 93.1 cm³/mol. The van der Waals surface area contributed by atoms with Gasteiger partial charge in [0, 0.05) is 17.9 Å². The SMILES string of the molecule is COc1ccc(-n2nnnc2SCc2cc(C#N)cc([N+](=O)[O-])c2)cc1. The van der Waals surface area contributed by atoms with Gasteiger partial charge in [0.1, 0.15) is 5.75 Å². The Morgan fingerprint density at radius 1 is 1.31 bits per heavy atom. The Labute approximate surface area is 152 Å². The van der Waals surface area contributed by atoms with E-state index in [2.05, 4.69) is 15.5 Å². The van der Waals surface area contributed by atoms with Crippen LogP contribution in [0.25, 0.3) is 5.69 Å². The van der Waals surface area contributed by atoms with Gasteiger partial charge in [-0.1, -0.05) is 11.8 Å². The van der Waals surface area contributed by atoms with Crippen LogP contribution in [0.5, 0.6) is 5.75 Å². The highest BCUT2D eigenvalue weighted by Crippen LogP contribution is 2.26. The highest BCUT2D eigenvalue weighted by atomic mass is 32.2. The summed E-state index contributed by atoms with van der Waals surface area (Å²) in [7, 11) is 1.59. The molecule has 0 bridgehead atoms. The second kappa shape index (κ2) is 7.62. The average molecular weight is 368 g/mol. The molecule has 0 unspecified atom stereocenters. The zero-order valence-electron chi connectivity index (χ0n) is 13.6. The molecule has 1 aromatic heterocycles. The van der Waals surface area contributed by atoms with E-state index in [0.717, 1.165) is 11.4 Å². The molecule has 0 radical (unpaired) electrons. The molecule has 0 saturated carbocycles. The van der Waals surface area contributed by atoms with Crippen molar-refractivity contribution >= 4 is 17.4 Å². The first kappa shape index (κ1) is 17.4. The fraction of sp³-hybridized carbons (Fsp3) is 0.125. The number of rotatable bonds is 6. The molecule has 3 aromatic rings. The molecule has 2 aromatic carbocycles. The summed E-state index contributed by atoms with van der Waals surface area (Å²) in [5, 5.41) is 32.2. The highest BCUT2D eigenvalue weighted by Gasteiger charge is 2.13. The molecule has 0 aliphatic carbocycles. The van der Waals surface area contributed by atoms with Crippen LogP contribution >= 0.6 is 11.8 Å². The maximum Gasteiger partial charge on any atom is 0.271 e. The maximum atomic E-state index is 11.0. The molecule has 0 N–H and O–H groups in total. The van der Waals surface area contributed by atoms with Gasteiger partial charge in [-0.2, -0.15) is 9.94 Å². The number of hydrogen-bond acceptors (Lipinski definition) is 8. The number of benzene rings is 2. The first-order valence-corrected chi connectivity index (χ1v) is 8.33. The minimum Gasteiger partial charge on any atom is -0.497 e. The van der Waals surface area contributed by atoms with Crippen molar-refractivity contribution in [1.82, 2.24) is 20.2 Å². The van der Waals surface area contributed by atoms with Gasteiger partial charge in [0.05, 0.1) is 29.4 Å². The number of nitrogens with zero attached hydrogens (tertiary/aromatic N) is 6. The van der Waals surface area contributed by atoms with Crippen molar-refractivity contribution in [3.8, 4) is 17.5 Å². The van der Waals surface area contributed by atoms with E-state index in [1.807, 2.05) is 18.2 Å². The number of thioether (sulfide) groups is 1. The molecule has 0 atom stereocenters. The molecule has 9 nitrogen and oxygen atoms in total. The van der Waals surface area contributed by atoms with Crippen molar-refractivity contribution in [3.63, 3.8) is 0 Å². The lowest BCUT2D eigenvalue weighted by Gasteiger charge is -2.06. The van der Waals surface area contributed by atoms with E-state index < -0.39 is 4.92 Å². The molecule has 130 valence electrons. The van der Waals surface area contributed by atoms with Crippen molar-refractivity contribution in [1.29, 1.82) is 5.26 Å². The van der Waals surface area contributed by atoms with Crippen molar-refractivity contribution in [2.75, 3.05) is 7.11 Å². The summed E-state index contributed by atoms with van der Waals surface area (Å²) in [5.74, 6) is 1.10. The van der Waals surface area contributed by atoms with Gasteiger partial charge in [0.15, 0.2) is 0 Å². The Hall–Kier alpha value is -3.45. The molecular formula is C16H12N6O3S. The monoisotopic (exact) mass is 368 g/mol. The van der Waals surface area contributed by atoms with Crippen LogP contribution in [0.1, 0.15) is 11.1 Å². The molecule has 0 amide bonds. The van der Waals surface area contributed by atoms with Crippen LogP contribution in [0.4, 0.5) is 5.69 Å². The molecule has 26 heavy (non-hydrogen) atoms. The zero-order chi connectivity index (χ0) is 18.5. The fourth-order valence-electron chi connectivity index (χ4n) is 2.23. The van der Waals surface area contributed by atoms with Gasteiger partial charge >= 0.3 is 0 Å². The normalized spacial score (nSPS) is 10.3. The second-order valence-corrected chi connectivity index (χ2v) is 6.06. The summed E-state index contributed by atoms with van der Waals surface area (Å²) in [6, 6.07) is 13.5.